The van der Waals surface area contributed by atoms with E-state index in [1.807, 2.05) is 6.92 Å². The lowest BCUT2D eigenvalue weighted by Gasteiger charge is -2.18. The quantitative estimate of drug-likeness (QED) is 0.667. The van der Waals surface area contributed by atoms with E-state index in [0.717, 1.165) is 19.3 Å². The number of hydrogen-bond donors (Lipinski definition) is 1. The molecule has 0 bridgehead atoms. The maximum absolute atomic E-state index is 9.25. The zero-order valence-electron chi connectivity index (χ0n) is 8.35. The van der Waals surface area contributed by atoms with Crippen molar-refractivity contribution in [1.29, 1.82) is 0 Å². The van der Waals surface area contributed by atoms with Crippen molar-refractivity contribution < 1.29 is 5.11 Å². The Hall–Kier alpha value is -0.0400. The van der Waals surface area contributed by atoms with Crippen LogP contribution in [0.5, 0.6) is 0 Å². The summed E-state index contributed by atoms with van der Waals surface area (Å²) in [7, 11) is 0. The van der Waals surface area contributed by atoms with Gasteiger partial charge in [0, 0.05) is 0 Å². The molecule has 0 rings (SSSR count). The standard InChI is InChI=1S/C10H22O/c1-5-9(11)7-6-8-10(2,3)4/h9,11H,5-8H2,1-4H3. The molecule has 0 aromatic heterocycles. The van der Waals surface area contributed by atoms with Crippen molar-refractivity contribution >= 4 is 0 Å². The van der Waals surface area contributed by atoms with Crippen LogP contribution >= 0.6 is 0 Å². The lowest BCUT2D eigenvalue weighted by molar-refractivity contribution is 0.151. The van der Waals surface area contributed by atoms with Crippen molar-refractivity contribution in [3.63, 3.8) is 0 Å². The molecule has 0 amide bonds. The summed E-state index contributed by atoms with van der Waals surface area (Å²) in [5.41, 5.74) is 0.424. The summed E-state index contributed by atoms with van der Waals surface area (Å²) in [4.78, 5) is 0. The smallest absolute Gasteiger partial charge is 0.0537 e. The first kappa shape index (κ1) is 11.0. The Bertz CT molecular complexity index is 91.5. The van der Waals surface area contributed by atoms with Gasteiger partial charge < -0.3 is 5.11 Å². The molecule has 1 unspecified atom stereocenters. The van der Waals surface area contributed by atoms with Crippen LogP contribution in [0.4, 0.5) is 0 Å². The normalized spacial score (nSPS) is 15.0. The SMILES string of the molecule is CCC(O)CCCC(C)(C)C. The summed E-state index contributed by atoms with van der Waals surface area (Å²) in [5, 5.41) is 9.25. The molecule has 0 saturated carbocycles. The molecule has 1 heteroatoms. The Morgan fingerprint density at radius 3 is 2.18 bits per heavy atom. The van der Waals surface area contributed by atoms with Gasteiger partial charge in [-0.05, 0) is 24.7 Å². The molecule has 0 saturated heterocycles. The average Bonchev–Trinajstić information content (AvgIpc) is 1.85. The fourth-order valence-electron chi connectivity index (χ4n) is 1.07. The molecular formula is C10H22O. The molecule has 0 aliphatic carbocycles. The summed E-state index contributed by atoms with van der Waals surface area (Å²) in [6, 6.07) is 0. The Labute approximate surface area is 70.8 Å². The van der Waals surface area contributed by atoms with E-state index in [0.29, 0.717) is 5.41 Å². The first-order valence-corrected chi connectivity index (χ1v) is 4.64. The van der Waals surface area contributed by atoms with Crippen LogP contribution in [0.25, 0.3) is 0 Å². The van der Waals surface area contributed by atoms with E-state index in [2.05, 4.69) is 20.8 Å². The Morgan fingerprint density at radius 2 is 1.82 bits per heavy atom. The van der Waals surface area contributed by atoms with Crippen molar-refractivity contribution in [3.8, 4) is 0 Å². The molecule has 68 valence electrons. The zero-order valence-corrected chi connectivity index (χ0v) is 8.35. The van der Waals surface area contributed by atoms with E-state index < -0.39 is 0 Å². The van der Waals surface area contributed by atoms with Crippen LogP contribution in [0.3, 0.4) is 0 Å². The predicted octanol–water partition coefficient (Wildman–Crippen LogP) is 2.97. The molecule has 11 heavy (non-hydrogen) atoms. The van der Waals surface area contributed by atoms with Gasteiger partial charge >= 0.3 is 0 Å². The first-order chi connectivity index (χ1) is 4.95. The number of aliphatic hydroxyl groups excluding tert-OH is 1. The second-order valence-corrected chi connectivity index (χ2v) is 4.51. The van der Waals surface area contributed by atoms with Crippen LogP contribution in [0.2, 0.25) is 0 Å². The largest absolute Gasteiger partial charge is 0.393 e. The number of rotatable bonds is 4. The first-order valence-electron chi connectivity index (χ1n) is 4.64. The molecule has 0 aromatic rings. The maximum atomic E-state index is 9.25. The third kappa shape index (κ3) is 7.86. The van der Waals surface area contributed by atoms with Gasteiger partial charge in [0.1, 0.15) is 0 Å². The second kappa shape index (κ2) is 4.76. The van der Waals surface area contributed by atoms with Crippen LogP contribution in [-0.4, -0.2) is 11.2 Å². The molecule has 1 N–H and O–H groups in total. The summed E-state index contributed by atoms with van der Waals surface area (Å²) < 4.78 is 0. The van der Waals surface area contributed by atoms with Gasteiger partial charge in [0.05, 0.1) is 6.10 Å². The maximum Gasteiger partial charge on any atom is 0.0537 e. The predicted molar refractivity (Wildman–Crippen MR) is 49.6 cm³/mol. The van der Waals surface area contributed by atoms with Crippen molar-refractivity contribution in [1.82, 2.24) is 0 Å². The van der Waals surface area contributed by atoms with E-state index in [1.165, 1.54) is 6.42 Å². The van der Waals surface area contributed by atoms with E-state index in [-0.39, 0.29) is 6.10 Å². The van der Waals surface area contributed by atoms with Gasteiger partial charge in [-0.15, -0.1) is 0 Å². The molecule has 0 radical (unpaired) electrons. The van der Waals surface area contributed by atoms with Gasteiger partial charge in [-0.2, -0.15) is 0 Å². The fourth-order valence-corrected chi connectivity index (χ4v) is 1.07. The van der Waals surface area contributed by atoms with Crippen molar-refractivity contribution in [3.05, 3.63) is 0 Å². The third-order valence-electron chi connectivity index (χ3n) is 1.94. The molecule has 0 aliphatic heterocycles. The summed E-state index contributed by atoms with van der Waals surface area (Å²) >= 11 is 0. The third-order valence-corrected chi connectivity index (χ3v) is 1.94. The van der Waals surface area contributed by atoms with Gasteiger partial charge in [0.25, 0.3) is 0 Å². The topological polar surface area (TPSA) is 20.2 Å². The highest BCUT2D eigenvalue weighted by Gasteiger charge is 2.10. The molecule has 1 nitrogen and oxygen atoms in total. The molecule has 0 heterocycles. The van der Waals surface area contributed by atoms with Crippen molar-refractivity contribution in [2.75, 3.05) is 0 Å². The van der Waals surface area contributed by atoms with E-state index in [1.54, 1.807) is 0 Å². The fraction of sp³-hybridized carbons (Fsp3) is 1.00. The monoisotopic (exact) mass is 158 g/mol. The van der Waals surface area contributed by atoms with Gasteiger partial charge in [0.15, 0.2) is 0 Å². The van der Waals surface area contributed by atoms with E-state index >= 15 is 0 Å². The van der Waals surface area contributed by atoms with Crippen LogP contribution in [0, 0.1) is 5.41 Å². The summed E-state index contributed by atoms with van der Waals surface area (Å²) in [6.07, 6.45) is 4.15. The highest BCUT2D eigenvalue weighted by atomic mass is 16.3. The zero-order chi connectivity index (χ0) is 8.91. The van der Waals surface area contributed by atoms with Gasteiger partial charge in [-0.3, -0.25) is 0 Å². The lowest BCUT2D eigenvalue weighted by Crippen LogP contribution is -2.08. The highest BCUT2D eigenvalue weighted by molar-refractivity contribution is 4.62. The van der Waals surface area contributed by atoms with Gasteiger partial charge in [-0.1, -0.05) is 34.1 Å². The second-order valence-electron chi connectivity index (χ2n) is 4.51. The molecule has 1 atom stereocenters. The van der Waals surface area contributed by atoms with Crippen molar-refractivity contribution in [2.24, 2.45) is 5.41 Å². The van der Waals surface area contributed by atoms with Crippen molar-refractivity contribution in [2.45, 2.75) is 59.5 Å². The minimum Gasteiger partial charge on any atom is -0.393 e. The lowest BCUT2D eigenvalue weighted by atomic mass is 9.89. The summed E-state index contributed by atoms with van der Waals surface area (Å²) in [6.45, 7) is 8.75. The number of hydrogen-bond acceptors (Lipinski definition) is 1. The molecule has 0 aromatic carbocycles. The number of aliphatic hydroxyl groups is 1. The Morgan fingerprint density at radius 1 is 1.27 bits per heavy atom. The minimum absolute atomic E-state index is 0.0719. The molecule has 0 fully saturated rings. The van der Waals surface area contributed by atoms with E-state index in [4.69, 9.17) is 0 Å². The van der Waals surface area contributed by atoms with Crippen LogP contribution < -0.4 is 0 Å². The molecule has 0 aliphatic rings. The van der Waals surface area contributed by atoms with Crippen LogP contribution in [0.15, 0.2) is 0 Å². The highest BCUT2D eigenvalue weighted by Crippen LogP contribution is 2.22. The van der Waals surface area contributed by atoms with E-state index in [9.17, 15) is 5.11 Å². The average molecular weight is 158 g/mol. The molecule has 0 spiro atoms. The minimum atomic E-state index is -0.0719. The Kier molecular flexibility index (Phi) is 4.74. The van der Waals surface area contributed by atoms with Crippen LogP contribution in [-0.2, 0) is 0 Å². The van der Waals surface area contributed by atoms with Gasteiger partial charge in [-0.25, -0.2) is 0 Å². The van der Waals surface area contributed by atoms with Crippen LogP contribution in [0.1, 0.15) is 53.4 Å². The Balaban J connectivity index is 3.28. The molecular weight excluding hydrogens is 136 g/mol. The van der Waals surface area contributed by atoms with Gasteiger partial charge in [0.2, 0.25) is 0 Å². The summed E-state index contributed by atoms with van der Waals surface area (Å²) in [5.74, 6) is 0.